The highest BCUT2D eigenvalue weighted by molar-refractivity contribution is 5.69. The molecule has 1 aliphatic rings. The Balaban J connectivity index is 2.14. The highest BCUT2D eigenvalue weighted by Crippen LogP contribution is 2.30. The fourth-order valence-electron chi connectivity index (χ4n) is 2.42. The highest BCUT2D eigenvalue weighted by atomic mass is 16.6. The van der Waals surface area contributed by atoms with Gasteiger partial charge in [-0.3, -0.25) is 9.56 Å². The van der Waals surface area contributed by atoms with Gasteiger partial charge in [0.25, 0.3) is 0 Å². The topological polar surface area (TPSA) is 138 Å². The summed E-state index contributed by atoms with van der Waals surface area (Å²) in [5.41, 5.74) is 0.849. The predicted octanol–water partition coefficient (Wildman–Crippen LogP) is -2.39. The third-order valence-corrected chi connectivity index (χ3v) is 3.49. The smallest absolute Gasteiger partial charge is 0.183 e. The van der Waals surface area contributed by atoms with E-state index in [4.69, 9.17) is 9.84 Å². The van der Waals surface area contributed by atoms with Gasteiger partial charge in [0.15, 0.2) is 22.9 Å². The van der Waals surface area contributed by atoms with Crippen molar-refractivity contribution in [2.75, 3.05) is 13.7 Å². The van der Waals surface area contributed by atoms with E-state index >= 15 is 0 Å². The third kappa shape index (κ3) is 2.00. The van der Waals surface area contributed by atoms with Gasteiger partial charge in [0.05, 0.1) is 12.9 Å². The molecule has 114 valence electrons. The number of imidazole rings is 1. The van der Waals surface area contributed by atoms with Crippen molar-refractivity contribution >= 4 is 11.2 Å². The Bertz CT molecular complexity index is 725. The van der Waals surface area contributed by atoms with E-state index in [-0.39, 0.29) is 5.65 Å². The van der Waals surface area contributed by atoms with Crippen LogP contribution in [0.4, 0.5) is 0 Å². The van der Waals surface area contributed by atoms with Crippen molar-refractivity contribution in [2.45, 2.75) is 24.5 Å². The number of aliphatic hydroxyl groups excluding tert-OH is 3. The van der Waals surface area contributed by atoms with Crippen molar-refractivity contribution < 1.29 is 25.3 Å². The number of aliphatic hydroxyl groups is 3. The van der Waals surface area contributed by atoms with Crippen molar-refractivity contribution in [1.29, 1.82) is 0 Å². The Morgan fingerprint density at radius 2 is 2.05 bits per heavy atom. The van der Waals surface area contributed by atoms with Crippen LogP contribution in [0.3, 0.4) is 0 Å². The van der Waals surface area contributed by atoms with Crippen molar-refractivity contribution in [2.24, 2.45) is 4.99 Å². The molecular formula is C11H15N5O5. The molecule has 10 heteroatoms. The molecule has 3 rings (SSSR count). The fraction of sp³-hybridized carbons (Fsp3) is 0.545. The minimum Gasteiger partial charge on any atom is -0.425 e. The average Bonchev–Trinajstić information content (AvgIpc) is 3.04. The summed E-state index contributed by atoms with van der Waals surface area (Å²) in [6.07, 6.45) is -1.92. The zero-order valence-electron chi connectivity index (χ0n) is 11.1. The van der Waals surface area contributed by atoms with Gasteiger partial charge < -0.3 is 25.3 Å². The molecule has 21 heavy (non-hydrogen) atoms. The maximum Gasteiger partial charge on any atom is 0.183 e. The Morgan fingerprint density at radius 3 is 2.67 bits per heavy atom. The second-order valence-corrected chi connectivity index (χ2v) is 4.69. The van der Waals surface area contributed by atoms with Crippen LogP contribution >= 0.6 is 0 Å². The molecule has 0 bridgehead atoms. The van der Waals surface area contributed by atoms with Crippen molar-refractivity contribution in [3.05, 3.63) is 18.1 Å². The minimum atomic E-state index is -1.27. The van der Waals surface area contributed by atoms with Gasteiger partial charge in [-0.15, -0.1) is 0 Å². The van der Waals surface area contributed by atoms with Gasteiger partial charge in [0.1, 0.15) is 24.6 Å². The zero-order chi connectivity index (χ0) is 15.1. The van der Waals surface area contributed by atoms with Crippen LogP contribution in [0.1, 0.15) is 6.23 Å². The Hall–Kier alpha value is -2.01. The second-order valence-electron chi connectivity index (χ2n) is 4.69. The van der Waals surface area contributed by atoms with Gasteiger partial charge >= 0.3 is 0 Å². The zero-order valence-corrected chi connectivity index (χ0v) is 11.1. The lowest BCUT2D eigenvalue weighted by Gasteiger charge is -2.17. The summed E-state index contributed by atoms with van der Waals surface area (Å²) in [6.45, 7) is -0.433. The summed E-state index contributed by atoms with van der Waals surface area (Å²) in [7, 11) is 1.54. The van der Waals surface area contributed by atoms with Gasteiger partial charge in [-0.1, -0.05) is 0 Å². The van der Waals surface area contributed by atoms with Crippen LogP contribution in [0.25, 0.3) is 11.2 Å². The molecule has 0 radical (unpaired) electrons. The van der Waals surface area contributed by atoms with Crippen LogP contribution in [-0.2, 0) is 4.74 Å². The number of fused-ring (bicyclic) bond motifs is 1. The van der Waals surface area contributed by atoms with Gasteiger partial charge in [-0.05, 0) is 0 Å². The molecule has 0 aromatic carbocycles. The van der Waals surface area contributed by atoms with Crippen LogP contribution < -0.4 is 5.49 Å². The molecular weight excluding hydrogens is 282 g/mol. The first-order valence-corrected chi connectivity index (χ1v) is 6.27. The molecule has 2 aromatic heterocycles. The normalized spacial score (nSPS) is 30.4. The number of aromatic nitrogens is 4. The third-order valence-electron chi connectivity index (χ3n) is 3.49. The molecule has 0 saturated carbocycles. The lowest BCUT2D eigenvalue weighted by Crippen LogP contribution is -2.33. The molecule has 1 fully saturated rings. The van der Waals surface area contributed by atoms with E-state index in [0.717, 1.165) is 11.1 Å². The maximum absolute atomic E-state index is 10.0. The summed E-state index contributed by atoms with van der Waals surface area (Å²) in [6, 6.07) is 0. The molecule has 4 atom stereocenters. The van der Waals surface area contributed by atoms with E-state index in [1.54, 1.807) is 0 Å². The number of hydrogen-bond donors (Lipinski definition) is 4. The molecule has 0 amide bonds. The van der Waals surface area contributed by atoms with Crippen molar-refractivity contribution in [1.82, 2.24) is 19.3 Å². The largest absolute Gasteiger partial charge is 0.425 e. The molecule has 2 aromatic rings. The monoisotopic (exact) mass is 297 g/mol. The highest BCUT2D eigenvalue weighted by Gasteiger charge is 2.44. The first-order valence-electron chi connectivity index (χ1n) is 6.27. The van der Waals surface area contributed by atoms with Crippen LogP contribution in [0.5, 0.6) is 0 Å². The van der Waals surface area contributed by atoms with E-state index < -0.39 is 31.1 Å². The van der Waals surface area contributed by atoms with E-state index in [0.29, 0.717) is 11.0 Å². The summed E-state index contributed by atoms with van der Waals surface area (Å²) < 4.78 is 7.50. The summed E-state index contributed by atoms with van der Waals surface area (Å²) in [5, 5.41) is 38.9. The van der Waals surface area contributed by atoms with E-state index in [9.17, 15) is 15.4 Å². The molecule has 0 unspecified atom stereocenters. The second kappa shape index (κ2) is 5.07. The summed E-state index contributed by atoms with van der Waals surface area (Å²) >= 11 is 0. The van der Waals surface area contributed by atoms with Crippen molar-refractivity contribution in [3.63, 3.8) is 0 Å². The quantitative estimate of drug-likeness (QED) is 0.454. The first kappa shape index (κ1) is 13.9. The summed E-state index contributed by atoms with van der Waals surface area (Å²) in [5.74, 6) is 0. The summed E-state index contributed by atoms with van der Waals surface area (Å²) in [4.78, 5) is 11.9. The number of hydrogen-bond acceptors (Lipinski definition) is 8. The first-order chi connectivity index (χ1) is 10.1. The number of nitrogens with zero attached hydrogens (tertiary/aromatic N) is 5. The van der Waals surface area contributed by atoms with E-state index in [1.807, 2.05) is 0 Å². The number of rotatable bonds is 2. The van der Waals surface area contributed by atoms with Gasteiger partial charge in [0.2, 0.25) is 0 Å². The van der Waals surface area contributed by atoms with Crippen LogP contribution in [-0.4, -0.2) is 71.8 Å². The van der Waals surface area contributed by atoms with Gasteiger partial charge in [0, 0.05) is 7.05 Å². The molecule has 0 spiro atoms. The van der Waals surface area contributed by atoms with E-state index in [2.05, 4.69) is 15.0 Å². The lowest BCUT2D eigenvalue weighted by molar-refractivity contribution is -0.0520. The van der Waals surface area contributed by atoms with Crippen LogP contribution in [0.2, 0.25) is 0 Å². The molecule has 1 aliphatic heterocycles. The maximum atomic E-state index is 10.0. The Morgan fingerprint density at radius 1 is 1.29 bits per heavy atom. The molecule has 3 heterocycles. The standard InChI is InChI=1S/C11H15N5O5/c1-12-9-6-10(16(20)4-14-9)15(3-13-6)11-8(19)7(18)5(2-17)21-11/h3-5,7-8,11,17-20H,2H2,1H3/t5-,7-,8-,11-/m1/s1. The van der Waals surface area contributed by atoms with Crippen LogP contribution in [0, 0.1) is 0 Å². The minimum absolute atomic E-state index is 0.209. The molecule has 10 nitrogen and oxygen atoms in total. The average molecular weight is 297 g/mol. The molecule has 4 N–H and O–H groups in total. The Labute approximate surface area is 118 Å². The predicted molar refractivity (Wildman–Crippen MR) is 67.2 cm³/mol. The Kier molecular flexibility index (Phi) is 3.37. The molecule has 0 aliphatic carbocycles. The van der Waals surface area contributed by atoms with Gasteiger partial charge in [-0.2, -0.15) is 4.73 Å². The van der Waals surface area contributed by atoms with Gasteiger partial charge in [-0.25, -0.2) is 9.97 Å². The molecule has 1 saturated heterocycles. The van der Waals surface area contributed by atoms with Crippen molar-refractivity contribution in [3.8, 4) is 0 Å². The lowest BCUT2D eigenvalue weighted by atomic mass is 10.1. The van der Waals surface area contributed by atoms with Crippen LogP contribution in [0.15, 0.2) is 17.6 Å². The van der Waals surface area contributed by atoms with E-state index in [1.165, 1.54) is 17.9 Å². The number of ether oxygens (including phenoxy) is 1. The SMILES string of the molecule is CN=c1ncn(O)c2c1ncn2[C@@H]1O[C@H](CO)[C@@H](O)[C@H]1O. The fourth-order valence-corrected chi connectivity index (χ4v) is 2.42.